The minimum absolute atomic E-state index is 0.0407. The van der Waals surface area contributed by atoms with Crippen LogP contribution in [0.25, 0.3) is 0 Å². The van der Waals surface area contributed by atoms with E-state index in [1.165, 1.54) is 88.8 Å². The molecule has 0 unspecified atom stereocenters. The SMILES string of the molecule is CCCCCCCC/C=C\CCCCCCCNC(=O)Cc1cc(O)ccc1O. The molecule has 1 aromatic carbocycles. The number of hydrogen-bond donors (Lipinski definition) is 3. The molecule has 0 aromatic heterocycles. The smallest absolute Gasteiger partial charge is 0.224 e. The third-order valence-electron chi connectivity index (χ3n) is 5.17. The van der Waals surface area contributed by atoms with E-state index in [0.717, 1.165) is 12.8 Å². The van der Waals surface area contributed by atoms with E-state index in [1.807, 2.05) is 0 Å². The molecule has 3 N–H and O–H groups in total. The number of hydrogen-bond acceptors (Lipinski definition) is 3. The van der Waals surface area contributed by atoms with Gasteiger partial charge in [0, 0.05) is 12.1 Å². The van der Waals surface area contributed by atoms with Crippen molar-refractivity contribution in [1.29, 1.82) is 0 Å². The van der Waals surface area contributed by atoms with Crippen LogP contribution in [0.2, 0.25) is 0 Å². The molecular weight excluding hydrogens is 362 g/mol. The van der Waals surface area contributed by atoms with Crippen molar-refractivity contribution in [3.8, 4) is 11.5 Å². The van der Waals surface area contributed by atoms with Gasteiger partial charge in [-0.1, -0.05) is 70.4 Å². The lowest BCUT2D eigenvalue weighted by atomic mass is 10.1. The van der Waals surface area contributed by atoms with Crippen LogP contribution in [0.15, 0.2) is 30.4 Å². The summed E-state index contributed by atoms with van der Waals surface area (Å²) in [5.74, 6) is -0.0248. The summed E-state index contributed by atoms with van der Waals surface area (Å²) in [6.07, 6.45) is 21.2. The highest BCUT2D eigenvalue weighted by molar-refractivity contribution is 5.79. The van der Waals surface area contributed by atoms with Crippen molar-refractivity contribution in [2.45, 2.75) is 96.8 Å². The molecule has 0 aliphatic rings. The van der Waals surface area contributed by atoms with Crippen molar-refractivity contribution in [2.75, 3.05) is 6.54 Å². The van der Waals surface area contributed by atoms with Gasteiger partial charge in [0.15, 0.2) is 0 Å². The second-order valence-corrected chi connectivity index (χ2v) is 7.92. The highest BCUT2D eigenvalue weighted by atomic mass is 16.3. The van der Waals surface area contributed by atoms with Gasteiger partial charge in [0.1, 0.15) is 11.5 Å². The number of amides is 1. The van der Waals surface area contributed by atoms with Gasteiger partial charge in [-0.05, 0) is 50.3 Å². The summed E-state index contributed by atoms with van der Waals surface area (Å²) in [5, 5.41) is 22.0. The van der Waals surface area contributed by atoms with E-state index in [9.17, 15) is 15.0 Å². The molecule has 4 heteroatoms. The number of allylic oxidation sites excluding steroid dienone is 2. The van der Waals surface area contributed by atoms with Gasteiger partial charge in [-0.25, -0.2) is 0 Å². The predicted molar refractivity (Wildman–Crippen MR) is 121 cm³/mol. The van der Waals surface area contributed by atoms with Gasteiger partial charge in [0.2, 0.25) is 5.91 Å². The highest BCUT2D eigenvalue weighted by Crippen LogP contribution is 2.22. The number of rotatable bonds is 17. The monoisotopic (exact) mass is 403 g/mol. The lowest BCUT2D eigenvalue weighted by Crippen LogP contribution is -2.26. The Kier molecular flexibility index (Phi) is 14.6. The topological polar surface area (TPSA) is 69.6 Å². The van der Waals surface area contributed by atoms with Crippen LogP contribution in [0.4, 0.5) is 0 Å². The fourth-order valence-electron chi connectivity index (χ4n) is 3.37. The number of phenols is 2. The summed E-state index contributed by atoms with van der Waals surface area (Å²) >= 11 is 0. The maximum Gasteiger partial charge on any atom is 0.224 e. The summed E-state index contributed by atoms with van der Waals surface area (Å²) in [4.78, 5) is 11.9. The maximum absolute atomic E-state index is 11.9. The Morgan fingerprint density at radius 3 is 2.10 bits per heavy atom. The molecule has 0 saturated heterocycles. The van der Waals surface area contributed by atoms with Crippen molar-refractivity contribution >= 4 is 5.91 Å². The van der Waals surface area contributed by atoms with Crippen LogP contribution in [-0.2, 0) is 11.2 Å². The van der Waals surface area contributed by atoms with Gasteiger partial charge in [-0.2, -0.15) is 0 Å². The van der Waals surface area contributed by atoms with E-state index in [-0.39, 0.29) is 23.8 Å². The third kappa shape index (κ3) is 13.8. The number of carbonyl (C=O) groups excluding carboxylic acids is 1. The predicted octanol–water partition coefficient (Wildman–Crippen LogP) is 6.40. The Bertz CT molecular complexity index is 583. The number of aromatic hydroxyl groups is 2. The average Bonchev–Trinajstić information content (AvgIpc) is 2.70. The number of unbranched alkanes of at least 4 members (excludes halogenated alkanes) is 11. The normalized spacial score (nSPS) is 11.2. The van der Waals surface area contributed by atoms with E-state index in [0.29, 0.717) is 12.1 Å². The molecule has 1 rings (SSSR count). The average molecular weight is 404 g/mol. The molecule has 0 bridgehead atoms. The van der Waals surface area contributed by atoms with Gasteiger partial charge >= 0.3 is 0 Å². The number of phenolic OH excluding ortho intramolecular Hbond substituents is 2. The molecule has 0 heterocycles. The molecule has 0 saturated carbocycles. The summed E-state index contributed by atoms with van der Waals surface area (Å²) in [5.41, 5.74) is 0.451. The van der Waals surface area contributed by atoms with Crippen LogP contribution in [0.3, 0.4) is 0 Å². The minimum Gasteiger partial charge on any atom is -0.508 e. The van der Waals surface area contributed by atoms with Crippen molar-refractivity contribution < 1.29 is 15.0 Å². The Morgan fingerprint density at radius 1 is 0.862 bits per heavy atom. The van der Waals surface area contributed by atoms with Crippen LogP contribution in [0.1, 0.15) is 96.0 Å². The van der Waals surface area contributed by atoms with Crippen LogP contribution >= 0.6 is 0 Å². The van der Waals surface area contributed by atoms with Gasteiger partial charge in [-0.3, -0.25) is 4.79 Å². The van der Waals surface area contributed by atoms with E-state index >= 15 is 0 Å². The molecule has 1 aromatic rings. The number of nitrogens with one attached hydrogen (secondary N) is 1. The first-order chi connectivity index (χ1) is 14.1. The first-order valence-electron chi connectivity index (χ1n) is 11.6. The van der Waals surface area contributed by atoms with Gasteiger partial charge in [-0.15, -0.1) is 0 Å². The fourth-order valence-corrected chi connectivity index (χ4v) is 3.37. The standard InChI is InChI=1S/C25H41NO3/c1-2-3-4-5-6-7-8-9-10-11-12-13-14-15-16-19-26-25(29)21-22-20-23(27)17-18-24(22)28/h9-10,17-18,20,27-28H,2-8,11-16,19,21H2,1H3,(H,26,29)/b10-9-. The van der Waals surface area contributed by atoms with Gasteiger partial charge in [0.05, 0.1) is 6.42 Å². The van der Waals surface area contributed by atoms with Crippen molar-refractivity contribution in [3.05, 3.63) is 35.9 Å². The van der Waals surface area contributed by atoms with Crippen LogP contribution in [0, 0.1) is 0 Å². The molecule has 0 radical (unpaired) electrons. The lowest BCUT2D eigenvalue weighted by Gasteiger charge is -2.07. The zero-order chi connectivity index (χ0) is 21.2. The summed E-state index contributed by atoms with van der Waals surface area (Å²) in [7, 11) is 0. The number of benzene rings is 1. The van der Waals surface area contributed by atoms with Crippen LogP contribution in [-0.4, -0.2) is 22.7 Å². The molecule has 29 heavy (non-hydrogen) atoms. The summed E-state index contributed by atoms with van der Waals surface area (Å²) in [6.45, 7) is 2.92. The van der Waals surface area contributed by atoms with Crippen molar-refractivity contribution in [1.82, 2.24) is 5.32 Å². The summed E-state index contributed by atoms with van der Waals surface area (Å²) < 4.78 is 0. The summed E-state index contributed by atoms with van der Waals surface area (Å²) in [6, 6.07) is 4.24. The molecule has 0 fully saturated rings. The molecular formula is C25H41NO3. The van der Waals surface area contributed by atoms with Crippen LogP contribution < -0.4 is 5.32 Å². The molecule has 0 aliphatic heterocycles. The minimum atomic E-state index is -0.124. The van der Waals surface area contributed by atoms with Gasteiger partial charge < -0.3 is 15.5 Å². The second kappa shape index (κ2) is 16.9. The van der Waals surface area contributed by atoms with E-state index in [4.69, 9.17) is 0 Å². The zero-order valence-corrected chi connectivity index (χ0v) is 18.3. The van der Waals surface area contributed by atoms with Crippen LogP contribution in [0.5, 0.6) is 11.5 Å². The Hall–Kier alpha value is -1.97. The molecule has 0 atom stereocenters. The van der Waals surface area contributed by atoms with Gasteiger partial charge in [0.25, 0.3) is 0 Å². The van der Waals surface area contributed by atoms with E-state index in [1.54, 1.807) is 0 Å². The Labute approximate surface area is 177 Å². The fraction of sp³-hybridized carbons (Fsp3) is 0.640. The maximum atomic E-state index is 11.9. The Balaban J connectivity index is 1.90. The third-order valence-corrected chi connectivity index (χ3v) is 5.17. The second-order valence-electron chi connectivity index (χ2n) is 7.92. The zero-order valence-electron chi connectivity index (χ0n) is 18.3. The molecule has 4 nitrogen and oxygen atoms in total. The van der Waals surface area contributed by atoms with E-state index in [2.05, 4.69) is 24.4 Å². The Morgan fingerprint density at radius 2 is 1.45 bits per heavy atom. The van der Waals surface area contributed by atoms with Crippen molar-refractivity contribution in [2.24, 2.45) is 0 Å². The highest BCUT2D eigenvalue weighted by Gasteiger charge is 2.08. The quantitative estimate of drug-likeness (QED) is 0.160. The molecule has 1 amide bonds. The van der Waals surface area contributed by atoms with Crippen molar-refractivity contribution in [3.63, 3.8) is 0 Å². The number of carbonyl (C=O) groups is 1. The first kappa shape index (κ1) is 25.1. The lowest BCUT2D eigenvalue weighted by molar-refractivity contribution is -0.120. The molecule has 0 spiro atoms. The largest absolute Gasteiger partial charge is 0.508 e. The first-order valence-corrected chi connectivity index (χ1v) is 11.6. The molecule has 164 valence electrons. The molecule has 0 aliphatic carbocycles. The van der Waals surface area contributed by atoms with E-state index < -0.39 is 0 Å².